The maximum absolute atomic E-state index is 12.9. The van der Waals surface area contributed by atoms with Gasteiger partial charge >= 0.3 is 0 Å². The number of amides is 2. The molecule has 6 heteroatoms. The molecule has 0 atom stereocenters. The summed E-state index contributed by atoms with van der Waals surface area (Å²) in [4.78, 5) is 29.1. The molecule has 0 aliphatic carbocycles. The molecule has 0 bridgehead atoms. The summed E-state index contributed by atoms with van der Waals surface area (Å²) in [5, 5.41) is 6.48. The largest absolute Gasteiger partial charge is 0.339 e. The zero-order valence-corrected chi connectivity index (χ0v) is 18.2. The average molecular weight is 419 g/mol. The van der Waals surface area contributed by atoms with Crippen molar-refractivity contribution >= 4 is 23.2 Å². The third kappa shape index (κ3) is 5.32. The summed E-state index contributed by atoms with van der Waals surface area (Å²) in [5.41, 5.74) is 4.10. The Morgan fingerprint density at radius 2 is 1.55 bits per heavy atom. The molecule has 2 aromatic carbocycles. The van der Waals surface area contributed by atoms with E-state index in [9.17, 15) is 9.59 Å². The second-order valence-electron chi connectivity index (χ2n) is 8.27. The van der Waals surface area contributed by atoms with E-state index in [0.717, 1.165) is 37.2 Å². The SMILES string of the molecule is CC1=NN(c2ccc(C(=O)N3CCN(C(=O)CCCc4ccccc4)CC3)cc2)CC1. The van der Waals surface area contributed by atoms with Crippen molar-refractivity contribution in [2.45, 2.75) is 32.6 Å². The monoisotopic (exact) mass is 418 g/mol. The fourth-order valence-corrected chi connectivity index (χ4v) is 4.12. The highest BCUT2D eigenvalue weighted by Gasteiger charge is 2.25. The zero-order valence-electron chi connectivity index (χ0n) is 18.2. The molecule has 0 aromatic heterocycles. The Balaban J connectivity index is 1.23. The molecule has 2 heterocycles. The normalized spacial score (nSPS) is 16.4. The lowest BCUT2D eigenvalue weighted by Gasteiger charge is -2.35. The van der Waals surface area contributed by atoms with Crippen LogP contribution in [0, 0.1) is 0 Å². The third-order valence-corrected chi connectivity index (χ3v) is 6.01. The lowest BCUT2D eigenvalue weighted by Crippen LogP contribution is -2.50. The van der Waals surface area contributed by atoms with Gasteiger partial charge in [-0.1, -0.05) is 30.3 Å². The van der Waals surface area contributed by atoms with Gasteiger partial charge in [-0.05, 0) is 49.6 Å². The van der Waals surface area contributed by atoms with Crippen molar-refractivity contribution in [3.8, 4) is 0 Å². The number of rotatable bonds is 6. The number of carbonyl (C=O) groups is 2. The Labute approximate surface area is 184 Å². The Hall–Kier alpha value is -3.15. The number of aryl methyl sites for hydroxylation is 1. The molecule has 2 amide bonds. The van der Waals surface area contributed by atoms with Gasteiger partial charge in [0.15, 0.2) is 0 Å². The molecule has 6 nitrogen and oxygen atoms in total. The second-order valence-corrected chi connectivity index (χ2v) is 8.27. The van der Waals surface area contributed by atoms with Gasteiger partial charge in [0.25, 0.3) is 5.91 Å². The van der Waals surface area contributed by atoms with E-state index >= 15 is 0 Å². The van der Waals surface area contributed by atoms with E-state index in [1.54, 1.807) is 0 Å². The summed E-state index contributed by atoms with van der Waals surface area (Å²) >= 11 is 0. The number of hydrogen-bond acceptors (Lipinski definition) is 4. The van der Waals surface area contributed by atoms with Crippen LogP contribution < -0.4 is 5.01 Å². The van der Waals surface area contributed by atoms with Gasteiger partial charge in [-0.3, -0.25) is 14.6 Å². The molecular formula is C25H30N4O2. The van der Waals surface area contributed by atoms with Crippen molar-refractivity contribution in [2.75, 3.05) is 37.7 Å². The van der Waals surface area contributed by atoms with Crippen molar-refractivity contribution in [1.29, 1.82) is 0 Å². The lowest BCUT2D eigenvalue weighted by atomic mass is 10.1. The van der Waals surface area contributed by atoms with Crippen LogP contribution >= 0.6 is 0 Å². The smallest absolute Gasteiger partial charge is 0.253 e. The van der Waals surface area contributed by atoms with Gasteiger partial charge in [0, 0.05) is 56.8 Å². The van der Waals surface area contributed by atoms with Gasteiger partial charge in [-0.2, -0.15) is 5.10 Å². The van der Waals surface area contributed by atoms with Gasteiger partial charge in [-0.15, -0.1) is 0 Å². The third-order valence-electron chi connectivity index (χ3n) is 6.01. The summed E-state index contributed by atoms with van der Waals surface area (Å²) in [6.07, 6.45) is 3.32. The Bertz CT molecular complexity index is 932. The Kier molecular flexibility index (Phi) is 6.65. The van der Waals surface area contributed by atoms with Crippen molar-refractivity contribution < 1.29 is 9.59 Å². The molecule has 0 unspecified atom stereocenters. The topological polar surface area (TPSA) is 56.2 Å². The number of hydrazone groups is 1. The van der Waals surface area contributed by atoms with Gasteiger partial charge in [-0.25, -0.2) is 0 Å². The van der Waals surface area contributed by atoms with Gasteiger partial charge in [0.05, 0.1) is 5.69 Å². The van der Waals surface area contributed by atoms with Crippen molar-refractivity contribution in [1.82, 2.24) is 9.80 Å². The minimum Gasteiger partial charge on any atom is -0.339 e. The molecule has 1 saturated heterocycles. The molecule has 31 heavy (non-hydrogen) atoms. The molecule has 0 radical (unpaired) electrons. The highest BCUT2D eigenvalue weighted by molar-refractivity contribution is 5.95. The van der Waals surface area contributed by atoms with Gasteiger partial charge in [0.2, 0.25) is 5.91 Å². The van der Waals surface area contributed by atoms with Crippen LogP contribution in [0.3, 0.4) is 0 Å². The Morgan fingerprint density at radius 3 is 2.19 bits per heavy atom. The first-order valence-corrected chi connectivity index (χ1v) is 11.1. The van der Waals surface area contributed by atoms with Crippen LogP contribution in [0.5, 0.6) is 0 Å². The van der Waals surface area contributed by atoms with Crippen LogP contribution in [0.15, 0.2) is 59.7 Å². The summed E-state index contributed by atoms with van der Waals surface area (Å²) in [5.74, 6) is 0.220. The molecule has 0 saturated carbocycles. The van der Waals surface area contributed by atoms with E-state index in [0.29, 0.717) is 38.2 Å². The van der Waals surface area contributed by atoms with E-state index in [1.807, 2.05) is 64.2 Å². The van der Waals surface area contributed by atoms with Crippen LogP contribution in [0.4, 0.5) is 5.69 Å². The van der Waals surface area contributed by atoms with Crippen LogP contribution in [0.1, 0.15) is 42.1 Å². The van der Waals surface area contributed by atoms with Crippen molar-refractivity contribution in [2.24, 2.45) is 5.10 Å². The molecule has 4 rings (SSSR count). The van der Waals surface area contributed by atoms with E-state index in [4.69, 9.17) is 0 Å². The van der Waals surface area contributed by atoms with Crippen molar-refractivity contribution in [3.05, 3.63) is 65.7 Å². The summed E-state index contributed by atoms with van der Waals surface area (Å²) < 4.78 is 0. The van der Waals surface area contributed by atoms with E-state index < -0.39 is 0 Å². The molecule has 162 valence electrons. The summed E-state index contributed by atoms with van der Waals surface area (Å²) in [7, 11) is 0. The lowest BCUT2D eigenvalue weighted by molar-refractivity contribution is -0.132. The molecule has 0 spiro atoms. The molecule has 2 aliphatic heterocycles. The average Bonchev–Trinajstić information content (AvgIpc) is 3.26. The minimum atomic E-state index is 0.0313. The molecule has 1 fully saturated rings. The number of carbonyl (C=O) groups excluding carboxylic acids is 2. The first-order valence-electron chi connectivity index (χ1n) is 11.1. The molecular weight excluding hydrogens is 388 g/mol. The molecule has 0 N–H and O–H groups in total. The molecule has 2 aromatic rings. The standard InChI is InChI=1S/C25H30N4O2/c1-20-14-15-29(26-20)23-12-10-22(11-13-23)25(31)28-18-16-27(17-19-28)24(30)9-5-8-21-6-3-2-4-7-21/h2-4,6-7,10-13H,5,8-9,14-19H2,1H3. The molecule has 2 aliphatic rings. The predicted molar refractivity (Wildman–Crippen MR) is 123 cm³/mol. The number of piperazine rings is 1. The first-order chi connectivity index (χ1) is 15.1. The van der Waals surface area contributed by atoms with Crippen LogP contribution in [0.2, 0.25) is 0 Å². The zero-order chi connectivity index (χ0) is 21.6. The van der Waals surface area contributed by atoms with E-state index in [-0.39, 0.29) is 11.8 Å². The maximum Gasteiger partial charge on any atom is 0.253 e. The summed E-state index contributed by atoms with van der Waals surface area (Å²) in [6.45, 7) is 5.30. The van der Waals surface area contributed by atoms with Crippen molar-refractivity contribution in [3.63, 3.8) is 0 Å². The van der Waals surface area contributed by atoms with Crippen LogP contribution in [0.25, 0.3) is 0 Å². The van der Waals surface area contributed by atoms with Crippen LogP contribution in [-0.2, 0) is 11.2 Å². The number of benzene rings is 2. The fraction of sp³-hybridized carbons (Fsp3) is 0.400. The second kappa shape index (κ2) is 9.77. The Morgan fingerprint density at radius 1 is 0.871 bits per heavy atom. The van der Waals surface area contributed by atoms with E-state index in [1.165, 1.54) is 5.56 Å². The fourth-order valence-electron chi connectivity index (χ4n) is 4.12. The highest BCUT2D eigenvalue weighted by Crippen LogP contribution is 2.21. The van der Waals surface area contributed by atoms with Gasteiger partial charge < -0.3 is 9.80 Å². The highest BCUT2D eigenvalue weighted by atomic mass is 16.2. The number of hydrogen-bond donors (Lipinski definition) is 0. The maximum atomic E-state index is 12.9. The summed E-state index contributed by atoms with van der Waals surface area (Å²) in [6, 6.07) is 17.9. The first kappa shape index (κ1) is 21.1. The van der Waals surface area contributed by atoms with Crippen LogP contribution in [-0.4, -0.2) is 60.0 Å². The van der Waals surface area contributed by atoms with Gasteiger partial charge in [0.1, 0.15) is 0 Å². The number of anilines is 1. The van der Waals surface area contributed by atoms with E-state index in [2.05, 4.69) is 17.2 Å². The predicted octanol–water partition coefficient (Wildman–Crippen LogP) is 3.58. The number of nitrogens with zero attached hydrogens (tertiary/aromatic N) is 4. The quantitative estimate of drug-likeness (QED) is 0.721. The minimum absolute atomic E-state index is 0.0313.